The first-order chi connectivity index (χ1) is 9.26. The number of benzene rings is 1. The van der Waals surface area contributed by atoms with Crippen molar-refractivity contribution in [3.05, 3.63) is 23.8 Å². The Balaban J connectivity index is 2.13. The van der Waals surface area contributed by atoms with Crippen LogP contribution in [-0.4, -0.2) is 39.3 Å². The molecule has 1 atom stereocenters. The number of para-hydroxylation sites is 1. The Morgan fingerprint density at radius 3 is 2.84 bits per heavy atom. The summed E-state index contributed by atoms with van der Waals surface area (Å²) in [5.41, 5.74) is 0.507. The Morgan fingerprint density at radius 1 is 1.37 bits per heavy atom. The summed E-state index contributed by atoms with van der Waals surface area (Å²) in [5, 5.41) is 6.30. The highest BCUT2D eigenvalue weighted by Crippen LogP contribution is 2.30. The lowest BCUT2D eigenvalue weighted by Crippen LogP contribution is -2.45. The third-order valence-electron chi connectivity index (χ3n) is 3.28. The van der Waals surface area contributed by atoms with Crippen LogP contribution in [0.5, 0.6) is 11.5 Å². The minimum Gasteiger partial charge on any atom is -0.493 e. The molecule has 19 heavy (non-hydrogen) atoms. The number of hydrogen-bond acceptors (Lipinski definition) is 4. The highest BCUT2D eigenvalue weighted by molar-refractivity contribution is 5.98. The molecule has 2 N–H and O–H groups in total. The minimum atomic E-state index is -0.121. The zero-order valence-corrected chi connectivity index (χ0v) is 11.4. The Kier molecular flexibility index (Phi) is 4.63. The molecule has 2 rings (SSSR count). The van der Waals surface area contributed by atoms with Crippen LogP contribution in [0.2, 0.25) is 0 Å². The molecule has 1 aromatic rings. The largest absolute Gasteiger partial charge is 0.493 e. The fourth-order valence-electron chi connectivity index (χ4n) is 2.30. The topological polar surface area (TPSA) is 59.6 Å². The molecule has 0 saturated carbocycles. The number of methoxy groups -OCH3 is 2. The van der Waals surface area contributed by atoms with Gasteiger partial charge in [-0.3, -0.25) is 4.79 Å². The highest BCUT2D eigenvalue weighted by atomic mass is 16.5. The summed E-state index contributed by atoms with van der Waals surface area (Å²) in [4.78, 5) is 12.3. The van der Waals surface area contributed by atoms with Crippen LogP contribution in [0.3, 0.4) is 0 Å². The molecule has 1 fully saturated rings. The van der Waals surface area contributed by atoms with Crippen LogP contribution in [0, 0.1) is 0 Å². The second kappa shape index (κ2) is 6.43. The summed E-state index contributed by atoms with van der Waals surface area (Å²) in [6, 6.07) is 5.48. The average Bonchev–Trinajstić information content (AvgIpc) is 2.47. The van der Waals surface area contributed by atoms with Crippen LogP contribution < -0.4 is 20.1 Å². The Morgan fingerprint density at radius 2 is 2.21 bits per heavy atom. The lowest BCUT2D eigenvalue weighted by atomic mass is 10.1. The van der Waals surface area contributed by atoms with Crippen molar-refractivity contribution in [1.29, 1.82) is 0 Å². The van der Waals surface area contributed by atoms with Crippen LogP contribution in [-0.2, 0) is 0 Å². The van der Waals surface area contributed by atoms with Crippen LogP contribution in [0.15, 0.2) is 18.2 Å². The van der Waals surface area contributed by atoms with Gasteiger partial charge >= 0.3 is 0 Å². The third kappa shape index (κ3) is 3.17. The first-order valence-electron chi connectivity index (χ1n) is 6.49. The molecule has 1 unspecified atom stereocenters. The summed E-state index contributed by atoms with van der Waals surface area (Å²) >= 11 is 0. The summed E-state index contributed by atoms with van der Waals surface area (Å²) < 4.78 is 10.5. The van der Waals surface area contributed by atoms with E-state index in [1.54, 1.807) is 25.3 Å². The van der Waals surface area contributed by atoms with Crippen molar-refractivity contribution in [2.45, 2.75) is 18.9 Å². The Labute approximate surface area is 113 Å². The van der Waals surface area contributed by atoms with Crippen molar-refractivity contribution in [2.24, 2.45) is 0 Å². The van der Waals surface area contributed by atoms with Gasteiger partial charge in [0.1, 0.15) is 0 Å². The first kappa shape index (κ1) is 13.7. The van der Waals surface area contributed by atoms with E-state index in [1.165, 1.54) is 7.11 Å². The second-order valence-electron chi connectivity index (χ2n) is 4.56. The van der Waals surface area contributed by atoms with Gasteiger partial charge in [0.15, 0.2) is 11.5 Å². The van der Waals surface area contributed by atoms with E-state index >= 15 is 0 Å². The number of nitrogens with one attached hydrogen (secondary N) is 2. The molecule has 1 saturated heterocycles. The maximum atomic E-state index is 12.3. The van der Waals surface area contributed by atoms with Crippen molar-refractivity contribution in [3.63, 3.8) is 0 Å². The molecule has 0 aliphatic carbocycles. The molecule has 1 heterocycles. The summed E-state index contributed by atoms with van der Waals surface area (Å²) in [6.45, 7) is 1.84. The first-order valence-corrected chi connectivity index (χ1v) is 6.49. The SMILES string of the molecule is COc1cccc(C(=O)NC2CCCNC2)c1OC. The molecule has 5 heteroatoms. The molecule has 0 radical (unpaired) electrons. The lowest BCUT2D eigenvalue weighted by molar-refractivity contribution is 0.0927. The normalized spacial score (nSPS) is 18.7. The van der Waals surface area contributed by atoms with Gasteiger partial charge in [-0.25, -0.2) is 0 Å². The zero-order chi connectivity index (χ0) is 13.7. The maximum absolute atomic E-state index is 12.3. The van der Waals surface area contributed by atoms with Gasteiger partial charge < -0.3 is 20.1 Å². The Bertz CT molecular complexity index is 442. The minimum absolute atomic E-state index is 0.121. The number of ether oxygens (including phenoxy) is 2. The highest BCUT2D eigenvalue weighted by Gasteiger charge is 2.20. The zero-order valence-electron chi connectivity index (χ0n) is 11.4. The van der Waals surface area contributed by atoms with E-state index < -0.39 is 0 Å². The van der Waals surface area contributed by atoms with Crippen molar-refractivity contribution in [3.8, 4) is 11.5 Å². The van der Waals surface area contributed by atoms with Crippen LogP contribution in [0.4, 0.5) is 0 Å². The van der Waals surface area contributed by atoms with E-state index in [9.17, 15) is 4.79 Å². The molecule has 0 spiro atoms. The average molecular weight is 264 g/mol. The predicted octanol–water partition coefficient (Wildman–Crippen LogP) is 1.19. The van der Waals surface area contributed by atoms with Crippen molar-refractivity contribution < 1.29 is 14.3 Å². The van der Waals surface area contributed by atoms with E-state index in [0.717, 1.165) is 25.9 Å². The van der Waals surface area contributed by atoms with Gasteiger partial charge in [0.05, 0.1) is 19.8 Å². The molecular weight excluding hydrogens is 244 g/mol. The molecule has 1 amide bonds. The fourth-order valence-corrected chi connectivity index (χ4v) is 2.30. The number of amides is 1. The number of carbonyl (C=O) groups excluding carboxylic acids is 1. The quantitative estimate of drug-likeness (QED) is 0.857. The van der Waals surface area contributed by atoms with E-state index in [1.807, 2.05) is 0 Å². The van der Waals surface area contributed by atoms with Crippen molar-refractivity contribution in [2.75, 3.05) is 27.3 Å². The number of hydrogen-bond donors (Lipinski definition) is 2. The summed E-state index contributed by atoms with van der Waals surface area (Å²) in [5.74, 6) is 0.924. The van der Waals surface area contributed by atoms with Crippen LogP contribution >= 0.6 is 0 Å². The van der Waals surface area contributed by atoms with Gasteiger partial charge in [0.2, 0.25) is 0 Å². The van der Waals surface area contributed by atoms with Gasteiger partial charge in [-0.05, 0) is 31.5 Å². The molecule has 1 aromatic carbocycles. The number of carbonyl (C=O) groups is 1. The molecule has 104 valence electrons. The maximum Gasteiger partial charge on any atom is 0.255 e. The molecule has 5 nitrogen and oxygen atoms in total. The van der Waals surface area contributed by atoms with E-state index in [0.29, 0.717) is 17.1 Å². The second-order valence-corrected chi connectivity index (χ2v) is 4.56. The predicted molar refractivity (Wildman–Crippen MR) is 72.9 cm³/mol. The van der Waals surface area contributed by atoms with Crippen LogP contribution in [0.25, 0.3) is 0 Å². The smallest absolute Gasteiger partial charge is 0.255 e. The number of piperidine rings is 1. The standard InChI is InChI=1S/C14H20N2O3/c1-18-12-7-3-6-11(13(12)19-2)14(17)16-10-5-4-8-15-9-10/h3,6-7,10,15H,4-5,8-9H2,1-2H3,(H,16,17). The fraction of sp³-hybridized carbons (Fsp3) is 0.500. The van der Waals surface area contributed by atoms with Gasteiger partial charge in [0, 0.05) is 12.6 Å². The van der Waals surface area contributed by atoms with E-state index in [-0.39, 0.29) is 11.9 Å². The molecule has 0 aromatic heterocycles. The van der Waals surface area contributed by atoms with Gasteiger partial charge in [-0.2, -0.15) is 0 Å². The van der Waals surface area contributed by atoms with Gasteiger partial charge in [-0.15, -0.1) is 0 Å². The van der Waals surface area contributed by atoms with Gasteiger partial charge in [-0.1, -0.05) is 6.07 Å². The monoisotopic (exact) mass is 264 g/mol. The van der Waals surface area contributed by atoms with Crippen molar-refractivity contribution >= 4 is 5.91 Å². The van der Waals surface area contributed by atoms with E-state index in [2.05, 4.69) is 10.6 Å². The number of rotatable bonds is 4. The molecular formula is C14H20N2O3. The lowest BCUT2D eigenvalue weighted by Gasteiger charge is -2.24. The molecule has 1 aliphatic heterocycles. The Hall–Kier alpha value is -1.75. The summed E-state index contributed by atoms with van der Waals surface area (Å²) in [6.07, 6.45) is 2.09. The molecule has 1 aliphatic rings. The van der Waals surface area contributed by atoms with E-state index in [4.69, 9.17) is 9.47 Å². The third-order valence-corrected chi connectivity index (χ3v) is 3.28. The summed E-state index contributed by atoms with van der Waals surface area (Å²) in [7, 11) is 3.10. The van der Waals surface area contributed by atoms with Gasteiger partial charge in [0.25, 0.3) is 5.91 Å². The molecule has 0 bridgehead atoms. The van der Waals surface area contributed by atoms with Crippen LogP contribution in [0.1, 0.15) is 23.2 Å². The van der Waals surface area contributed by atoms with Crippen molar-refractivity contribution in [1.82, 2.24) is 10.6 Å².